The van der Waals surface area contributed by atoms with E-state index < -0.39 is 15.9 Å². The highest BCUT2D eigenvalue weighted by atomic mass is 32.2. The monoisotopic (exact) mass is 904 g/mol. The van der Waals surface area contributed by atoms with Crippen LogP contribution in [-0.2, 0) is 29.2 Å². The van der Waals surface area contributed by atoms with Gasteiger partial charge in [-0.25, -0.2) is 0 Å². The first-order chi connectivity index (χ1) is 29.7. The van der Waals surface area contributed by atoms with E-state index in [4.69, 9.17) is 14.0 Å². The van der Waals surface area contributed by atoms with E-state index in [0.29, 0.717) is 83.9 Å². The van der Waals surface area contributed by atoms with E-state index in [-0.39, 0.29) is 71.3 Å². The molecule has 0 heterocycles. The van der Waals surface area contributed by atoms with Crippen molar-refractivity contribution < 1.29 is 47.4 Å². The van der Waals surface area contributed by atoms with Gasteiger partial charge in [-0.2, -0.15) is 8.42 Å². The van der Waals surface area contributed by atoms with Crippen LogP contribution in [0.4, 0.5) is 0 Å². The molecule has 0 spiro atoms. The predicted octanol–water partition coefficient (Wildman–Crippen LogP) is 8.33. The molecule has 8 fully saturated rings. The molecule has 8 saturated carbocycles. The number of ether oxygens (including phenoxy) is 2. The number of hydrogen-bond donors (Lipinski definition) is 5. The summed E-state index contributed by atoms with van der Waals surface area (Å²) in [5, 5.41) is 35.7. The third-order valence-electron chi connectivity index (χ3n) is 21.6. The van der Waals surface area contributed by atoms with Gasteiger partial charge >= 0.3 is 5.97 Å². The summed E-state index contributed by atoms with van der Waals surface area (Å²) < 4.78 is 44.0. The Hall–Kier alpha value is -1.31. The summed E-state index contributed by atoms with van der Waals surface area (Å²) in [5.41, 5.74) is 0.619. The van der Waals surface area contributed by atoms with Gasteiger partial charge in [0, 0.05) is 19.4 Å². The molecular formula is C51H85NO10S. The molecular weight excluding hydrogens is 819 g/mol. The number of carbonyl (C=O) groups excluding carboxylic acids is 2. The summed E-state index contributed by atoms with van der Waals surface area (Å²) >= 11 is 0. The molecule has 20 atom stereocenters. The van der Waals surface area contributed by atoms with Crippen LogP contribution in [0.25, 0.3) is 0 Å². The smallest absolute Gasteiger partial charge is 0.307 e. The maximum absolute atomic E-state index is 13.5. The van der Waals surface area contributed by atoms with Gasteiger partial charge in [0.2, 0.25) is 5.91 Å². The number of aliphatic hydroxyl groups is 3. The normalized spacial score (nSPS) is 47.7. The van der Waals surface area contributed by atoms with Crippen LogP contribution in [0.5, 0.6) is 0 Å². The second kappa shape index (κ2) is 18.3. The molecule has 63 heavy (non-hydrogen) atoms. The zero-order valence-electron chi connectivity index (χ0n) is 39.6. The van der Waals surface area contributed by atoms with Crippen LogP contribution in [0.15, 0.2) is 0 Å². The summed E-state index contributed by atoms with van der Waals surface area (Å²) in [6.07, 6.45) is 17.7. The van der Waals surface area contributed by atoms with Crippen LogP contribution < -0.4 is 5.32 Å². The fourth-order valence-electron chi connectivity index (χ4n) is 18.3. The minimum absolute atomic E-state index is 0.0377. The van der Waals surface area contributed by atoms with Crippen molar-refractivity contribution in [2.75, 3.05) is 19.1 Å². The van der Waals surface area contributed by atoms with E-state index in [0.717, 1.165) is 109 Å². The van der Waals surface area contributed by atoms with E-state index in [2.05, 4.69) is 46.9 Å². The van der Waals surface area contributed by atoms with Gasteiger partial charge in [-0.1, -0.05) is 41.5 Å². The molecule has 0 saturated heterocycles. The highest BCUT2D eigenvalue weighted by molar-refractivity contribution is 7.85. The Morgan fingerprint density at radius 2 is 1.14 bits per heavy atom. The summed E-state index contributed by atoms with van der Waals surface area (Å²) in [6, 6.07) is 0. The molecule has 11 nitrogen and oxygen atoms in total. The fraction of sp³-hybridized carbons (Fsp3) is 0.961. The zero-order chi connectivity index (χ0) is 45.3. The second-order valence-corrected chi connectivity index (χ2v) is 25.9. The van der Waals surface area contributed by atoms with E-state index in [9.17, 15) is 33.3 Å². The standard InChI is InChI=1S/C51H85NO10S/c1-30(7-13-44(56)52-23-24-63(58,59)60)36-10-12-39-47-41(18-22-51(36,39)6)49(4)20-16-35(54)26-33(49)28-43(47)61-29-62-45(57)14-8-31(2)37-9-11-38-46-40(17-21-50(37,38)5)48(3)19-15-34(53)25-32(48)27-42(46)55/h30-43,46-47,53-55H,7-29H2,1-6H3,(H,52,56)(H,58,59,60)/t30-,31-,32?,33?,34-,35-,36-,37-,38?,39?,40+,41+,42+,43+,46-,47+,48+,49+,50-,51-/m1/s1. The van der Waals surface area contributed by atoms with E-state index >= 15 is 0 Å². The van der Waals surface area contributed by atoms with Crippen LogP contribution in [0.3, 0.4) is 0 Å². The first kappa shape index (κ1) is 48.2. The van der Waals surface area contributed by atoms with Crippen molar-refractivity contribution >= 4 is 22.0 Å². The summed E-state index contributed by atoms with van der Waals surface area (Å²) in [7, 11) is -4.12. The zero-order valence-corrected chi connectivity index (χ0v) is 40.5. The van der Waals surface area contributed by atoms with Crippen LogP contribution >= 0.6 is 0 Å². The Balaban J connectivity index is 0.865. The lowest BCUT2D eigenvalue weighted by molar-refractivity contribution is -0.212. The fourth-order valence-corrected chi connectivity index (χ4v) is 18.6. The number of esters is 1. The first-order valence-electron chi connectivity index (χ1n) is 25.7. The van der Waals surface area contributed by atoms with Crippen molar-refractivity contribution in [3.05, 3.63) is 0 Å². The molecule has 0 aromatic carbocycles. The van der Waals surface area contributed by atoms with Crippen molar-refractivity contribution in [2.24, 2.45) is 92.7 Å². The topological polar surface area (TPSA) is 180 Å². The Bertz CT molecular complexity index is 1760. The lowest BCUT2D eigenvalue weighted by atomic mass is 9.43. The molecule has 12 heteroatoms. The van der Waals surface area contributed by atoms with Crippen molar-refractivity contribution in [1.82, 2.24) is 5.32 Å². The van der Waals surface area contributed by atoms with Crippen molar-refractivity contribution in [3.8, 4) is 0 Å². The summed E-state index contributed by atoms with van der Waals surface area (Å²) in [4.78, 5) is 26.1. The van der Waals surface area contributed by atoms with Gasteiger partial charge in [-0.3, -0.25) is 14.1 Å². The summed E-state index contributed by atoms with van der Waals surface area (Å²) in [6.45, 7) is 14.4. The molecule has 1 amide bonds. The molecule has 0 aromatic rings. The number of hydrogen-bond acceptors (Lipinski definition) is 9. The molecule has 0 aromatic heterocycles. The quantitative estimate of drug-likeness (QED) is 0.0647. The van der Waals surface area contributed by atoms with Crippen molar-refractivity contribution in [1.29, 1.82) is 0 Å². The Morgan fingerprint density at radius 1 is 0.651 bits per heavy atom. The highest BCUT2D eigenvalue weighted by Gasteiger charge is 2.65. The van der Waals surface area contributed by atoms with Gasteiger partial charge in [0.1, 0.15) is 0 Å². The molecule has 0 aliphatic heterocycles. The number of aliphatic hydroxyl groups excluding tert-OH is 3. The van der Waals surface area contributed by atoms with Crippen molar-refractivity contribution in [3.63, 3.8) is 0 Å². The maximum Gasteiger partial charge on any atom is 0.307 e. The second-order valence-electron chi connectivity index (χ2n) is 24.3. The summed E-state index contributed by atoms with van der Waals surface area (Å²) in [5.74, 6) is 4.24. The predicted molar refractivity (Wildman–Crippen MR) is 241 cm³/mol. The largest absolute Gasteiger partial charge is 0.438 e. The number of fused-ring (bicyclic) bond motifs is 10. The third kappa shape index (κ3) is 9.09. The lowest BCUT2D eigenvalue weighted by Crippen LogP contribution is -2.59. The molecule has 8 aliphatic rings. The lowest BCUT2D eigenvalue weighted by Gasteiger charge is -2.63. The minimum atomic E-state index is -4.12. The number of amides is 1. The molecule has 5 N–H and O–H groups in total. The Kier molecular flexibility index (Phi) is 14.0. The van der Waals surface area contributed by atoms with E-state index in [1.54, 1.807) is 0 Å². The molecule has 0 bridgehead atoms. The third-order valence-corrected chi connectivity index (χ3v) is 22.3. The van der Waals surface area contributed by atoms with E-state index in [1.807, 2.05) is 0 Å². The van der Waals surface area contributed by atoms with Gasteiger partial charge in [0.25, 0.3) is 10.1 Å². The number of rotatable bonds is 14. The minimum Gasteiger partial charge on any atom is -0.438 e. The van der Waals surface area contributed by atoms with Gasteiger partial charge in [0.15, 0.2) is 6.79 Å². The SMILES string of the molecule is C[C@H](CCC(=O)NCCS(=O)(=O)O)[C@H]1CCC2[C@@H]3[C@@H](OCOC(=O)CC[C@@H](C)[C@H]4CCC5[C@H]6[C@@H](O)CC7C[C@H](O)CC[C@]7(C)[C@H]6CC[C@@]54C)CC4C[C@H](O)CC[C@]4(C)[C@H]3CC[C@@]21C. The molecule has 8 rings (SSSR count). The van der Waals surface area contributed by atoms with Crippen LogP contribution in [0.1, 0.15) is 170 Å². The average Bonchev–Trinajstić information content (AvgIpc) is 3.76. The molecule has 8 aliphatic carbocycles. The van der Waals surface area contributed by atoms with Crippen LogP contribution in [0.2, 0.25) is 0 Å². The van der Waals surface area contributed by atoms with Gasteiger partial charge in [0.05, 0.1) is 30.2 Å². The number of nitrogens with one attached hydrogen (secondary N) is 1. The van der Waals surface area contributed by atoms with Gasteiger partial charge in [-0.15, -0.1) is 0 Å². The van der Waals surface area contributed by atoms with Crippen LogP contribution in [0, 0.1) is 92.7 Å². The van der Waals surface area contributed by atoms with Gasteiger partial charge in [-0.05, 0) is 208 Å². The van der Waals surface area contributed by atoms with Crippen LogP contribution in [-0.4, -0.2) is 83.7 Å². The van der Waals surface area contributed by atoms with Gasteiger partial charge < -0.3 is 30.1 Å². The first-order valence-corrected chi connectivity index (χ1v) is 27.3. The molecule has 4 unspecified atom stereocenters. The molecule has 360 valence electrons. The molecule has 0 radical (unpaired) electrons. The highest BCUT2D eigenvalue weighted by Crippen LogP contribution is 2.70. The Morgan fingerprint density at radius 3 is 1.71 bits per heavy atom. The van der Waals surface area contributed by atoms with E-state index in [1.165, 1.54) is 6.42 Å². The van der Waals surface area contributed by atoms with Crippen molar-refractivity contribution in [2.45, 2.75) is 194 Å². The Labute approximate surface area is 379 Å². The maximum atomic E-state index is 13.5. The average molecular weight is 904 g/mol. The number of carbonyl (C=O) groups is 2.